The summed E-state index contributed by atoms with van der Waals surface area (Å²) in [6.45, 7) is 0.424. The number of aromatic nitrogens is 3. The van der Waals surface area contributed by atoms with Gasteiger partial charge in [-0.1, -0.05) is 40.6 Å². The van der Waals surface area contributed by atoms with Crippen molar-refractivity contribution in [1.29, 1.82) is 0 Å². The zero-order valence-electron chi connectivity index (χ0n) is 12.1. The number of hydrogen-bond acceptors (Lipinski definition) is 6. The van der Waals surface area contributed by atoms with Crippen molar-refractivity contribution in [3.63, 3.8) is 0 Å². The van der Waals surface area contributed by atoms with Crippen LogP contribution in [0.4, 0.5) is 0 Å². The summed E-state index contributed by atoms with van der Waals surface area (Å²) >= 11 is 13.5. The van der Waals surface area contributed by atoms with Gasteiger partial charge in [-0.25, -0.2) is 4.98 Å². The molecule has 122 valence electrons. The fourth-order valence-electron chi connectivity index (χ4n) is 2.45. The molecule has 0 spiro atoms. The molecule has 1 atom stereocenters. The van der Waals surface area contributed by atoms with E-state index in [1.54, 1.807) is 12.1 Å². The van der Waals surface area contributed by atoms with Crippen LogP contribution >= 0.6 is 34.5 Å². The van der Waals surface area contributed by atoms with Crippen LogP contribution in [0.5, 0.6) is 5.88 Å². The maximum absolute atomic E-state index is 10.5. The molecule has 1 unspecified atom stereocenters. The molecule has 0 radical (unpaired) electrons. The van der Waals surface area contributed by atoms with Gasteiger partial charge in [-0.2, -0.15) is 9.61 Å². The molecule has 0 amide bonds. The average Bonchev–Trinajstić information content (AvgIpc) is 3.08. The first-order valence-corrected chi connectivity index (χ1v) is 8.37. The van der Waals surface area contributed by atoms with E-state index in [0.717, 1.165) is 5.56 Å². The second kappa shape index (κ2) is 6.62. The highest BCUT2D eigenvalue weighted by atomic mass is 35.5. The van der Waals surface area contributed by atoms with Crippen LogP contribution in [0.2, 0.25) is 10.0 Å². The van der Waals surface area contributed by atoms with Gasteiger partial charge in [-0.3, -0.25) is 4.90 Å². The molecule has 0 aliphatic carbocycles. The average molecular weight is 373 g/mol. The van der Waals surface area contributed by atoms with Crippen LogP contribution in [0, 0.1) is 0 Å². The van der Waals surface area contributed by atoms with Crippen molar-refractivity contribution in [3.8, 4) is 5.88 Å². The van der Waals surface area contributed by atoms with Gasteiger partial charge in [0.2, 0.25) is 10.8 Å². The number of hydrogen-bond donors (Lipinski definition) is 2. The lowest BCUT2D eigenvalue weighted by molar-refractivity contribution is 0.196. The summed E-state index contributed by atoms with van der Waals surface area (Å²) in [6.07, 6.45) is 1.39. The van der Waals surface area contributed by atoms with Crippen LogP contribution < -0.4 is 0 Å². The molecule has 0 saturated heterocycles. The van der Waals surface area contributed by atoms with Crippen LogP contribution in [0.1, 0.15) is 16.5 Å². The Bertz CT molecular complexity index is 835. The fraction of sp³-hybridized carbons (Fsp3) is 0.286. The number of likely N-dealkylation sites (N-methyl/N-ethyl adjacent to an activating group) is 1. The standard InChI is InChI=1S/C14H14Cl2N4O2S/c1-19(4-5-21)11(8-2-3-9(15)10(16)6-8)12-13(22)20-14(23-12)17-7-18-20/h2-3,6-7,11,21-22H,4-5H2,1H3. The molecule has 1 aromatic carbocycles. The highest BCUT2D eigenvalue weighted by molar-refractivity contribution is 7.17. The number of rotatable bonds is 5. The van der Waals surface area contributed by atoms with Gasteiger partial charge < -0.3 is 10.2 Å². The molecule has 23 heavy (non-hydrogen) atoms. The van der Waals surface area contributed by atoms with Gasteiger partial charge in [0.25, 0.3) is 0 Å². The zero-order valence-corrected chi connectivity index (χ0v) is 14.5. The summed E-state index contributed by atoms with van der Waals surface area (Å²) in [5, 5.41) is 24.6. The molecular weight excluding hydrogens is 359 g/mol. The number of benzene rings is 1. The fourth-order valence-corrected chi connectivity index (χ4v) is 3.88. The van der Waals surface area contributed by atoms with E-state index < -0.39 is 0 Å². The van der Waals surface area contributed by atoms with Crippen LogP contribution in [-0.2, 0) is 0 Å². The van der Waals surface area contributed by atoms with Gasteiger partial charge in [0.05, 0.1) is 27.6 Å². The Hall–Kier alpha value is -1.38. The largest absolute Gasteiger partial charge is 0.492 e. The third-order valence-electron chi connectivity index (χ3n) is 3.54. The smallest absolute Gasteiger partial charge is 0.230 e. The highest BCUT2D eigenvalue weighted by Crippen LogP contribution is 2.40. The molecule has 9 heteroatoms. The first-order chi connectivity index (χ1) is 11.0. The summed E-state index contributed by atoms with van der Waals surface area (Å²) in [5.74, 6) is 0.0309. The number of aliphatic hydroxyl groups excluding tert-OH is 1. The molecule has 0 saturated carbocycles. The van der Waals surface area contributed by atoms with E-state index in [-0.39, 0.29) is 18.5 Å². The van der Waals surface area contributed by atoms with Crippen molar-refractivity contribution in [3.05, 3.63) is 45.0 Å². The first-order valence-electron chi connectivity index (χ1n) is 6.80. The van der Waals surface area contributed by atoms with Crippen LogP contribution in [-0.4, -0.2) is 49.9 Å². The van der Waals surface area contributed by atoms with Crippen LogP contribution in [0.15, 0.2) is 24.5 Å². The van der Waals surface area contributed by atoms with Crippen LogP contribution in [0.3, 0.4) is 0 Å². The number of thiazole rings is 1. The number of halogens is 2. The lowest BCUT2D eigenvalue weighted by Crippen LogP contribution is -2.28. The Balaban J connectivity index is 2.13. The van der Waals surface area contributed by atoms with E-state index in [0.29, 0.717) is 26.4 Å². The summed E-state index contributed by atoms with van der Waals surface area (Å²) in [6, 6.07) is 5.03. The van der Waals surface area contributed by atoms with Gasteiger partial charge in [0.15, 0.2) is 0 Å². The van der Waals surface area contributed by atoms with Gasteiger partial charge in [-0.15, -0.1) is 0 Å². The third kappa shape index (κ3) is 3.02. The molecule has 3 aromatic rings. The van der Waals surface area contributed by atoms with Crippen molar-refractivity contribution in [2.45, 2.75) is 6.04 Å². The van der Waals surface area contributed by atoms with Crippen molar-refractivity contribution in [1.82, 2.24) is 19.5 Å². The van der Waals surface area contributed by atoms with Gasteiger partial charge in [0.1, 0.15) is 6.33 Å². The minimum atomic E-state index is -0.301. The molecule has 3 rings (SSSR count). The number of aromatic hydroxyl groups is 1. The van der Waals surface area contributed by atoms with Crippen molar-refractivity contribution >= 4 is 39.5 Å². The topological polar surface area (TPSA) is 73.9 Å². The van der Waals surface area contributed by atoms with Gasteiger partial charge >= 0.3 is 0 Å². The summed E-state index contributed by atoms with van der Waals surface area (Å²) in [4.78, 5) is 7.30. The summed E-state index contributed by atoms with van der Waals surface area (Å²) in [5.41, 5.74) is 0.857. The zero-order chi connectivity index (χ0) is 16.6. The normalized spacial score (nSPS) is 13.1. The lowest BCUT2D eigenvalue weighted by atomic mass is 10.0. The number of aliphatic hydroxyl groups is 1. The monoisotopic (exact) mass is 372 g/mol. The van der Waals surface area contributed by atoms with Crippen molar-refractivity contribution < 1.29 is 10.2 Å². The van der Waals surface area contributed by atoms with E-state index in [1.807, 2.05) is 18.0 Å². The van der Waals surface area contributed by atoms with E-state index in [9.17, 15) is 10.2 Å². The van der Waals surface area contributed by atoms with E-state index in [1.165, 1.54) is 22.2 Å². The van der Waals surface area contributed by atoms with E-state index >= 15 is 0 Å². The number of nitrogens with zero attached hydrogens (tertiary/aromatic N) is 4. The Labute approximate surface area is 146 Å². The van der Waals surface area contributed by atoms with Crippen LogP contribution in [0.25, 0.3) is 4.96 Å². The minimum absolute atomic E-state index is 0.00412. The quantitative estimate of drug-likeness (QED) is 0.720. The maximum atomic E-state index is 10.5. The Morgan fingerprint density at radius 2 is 2.13 bits per heavy atom. The molecule has 2 heterocycles. The molecule has 2 aromatic heterocycles. The second-order valence-corrected chi connectivity index (χ2v) is 6.85. The Morgan fingerprint density at radius 3 is 2.78 bits per heavy atom. The highest BCUT2D eigenvalue weighted by Gasteiger charge is 2.27. The molecule has 0 aliphatic rings. The predicted octanol–water partition coefficient (Wildman–Crippen LogP) is 2.82. The molecule has 2 N–H and O–H groups in total. The van der Waals surface area contributed by atoms with Gasteiger partial charge in [-0.05, 0) is 24.7 Å². The first kappa shape index (κ1) is 16.5. The minimum Gasteiger partial charge on any atom is -0.492 e. The molecular formula is C14H14Cl2N4O2S. The summed E-state index contributed by atoms with van der Waals surface area (Å²) in [7, 11) is 1.86. The lowest BCUT2D eigenvalue weighted by Gasteiger charge is -2.27. The Morgan fingerprint density at radius 1 is 1.35 bits per heavy atom. The second-order valence-electron chi connectivity index (χ2n) is 5.02. The molecule has 0 bridgehead atoms. The van der Waals surface area contributed by atoms with E-state index in [4.69, 9.17) is 23.2 Å². The Kier molecular flexibility index (Phi) is 4.74. The molecule has 6 nitrogen and oxygen atoms in total. The van der Waals surface area contributed by atoms with Crippen molar-refractivity contribution in [2.24, 2.45) is 0 Å². The predicted molar refractivity (Wildman–Crippen MR) is 90.5 cm³/mol. The molecule has 0 aliphatic heterocycles. The van der Waals surface area contributed by atoms with Crippen molar-refractivity contribution in [2.75, 3.05) is 20.2 Å². The SMILES string of the molecule is CN(CCO)C(c1ccc(Cl)c(Cl)c1)c1sc2ncnn2c1O. The third-order valence-corrected chi connectivity index (χ3v) is 5.37. The number of fused-ring (bicyclic) bond motifs is 1. The van der Waals surface area contributed by atoms with E-state index in [2.05, 4.69) is 10.1 Å². The maximum Gasteiger partial charge on any atom is 0.230 e. The molecule has 0 fully saturated rings. The summed E-state index contributed by atoms with van der Waals surface area (Å²) < 4.78 is 1.39. The van der Waals surface area contributed by atoms with Gasteiger partial charge in [0, 0.05) is 6.54 Å².